The molecule has 0 aromatic heterocycles. The lowest BCUT2D eigenvalue weighted by molar-refractivity contribution is 0.0194. The highest BCUT2D eigenvalue weighted by Gasteiger charge is 2.30. The summed E-state index contributed by atoms with van der Waals surface area (Å²) in [5, 5.41) is 13.8. The van der Waals surface area contributed by atoms with Crippen LogP contribution in [0.3, 0.4) is 0 Å². The maximum absolute atomic E-state index is 10.5. The minimum absolute atomic E-state index is 0. The molecule has 1 aromatic rings. The van der Waals surface area contributed by atoms with Gasteiger partial charge in [-0.15, -0.1) is 24.0 Å². The number of halogens is 1. The Morgan fingerprint density at radius 1 is 1.26 bits per heavy atom. The number of nitrogens with zero attached hydrogens (tertiary/aromatic N) is 3. The first-order valence-corrected chi connectivity index (χ1v) is 9.77. The van der Waals surface area contributed by atoms with Crippen molar-refractivity contribution >= 4 is 29.9 Å². The zero-order chi connectivity index (χ0) is 18.4. The number of morpholine rings is 1. The van der Waals surface area contributed by atoms with Crippen molar-refractivity contribution in [3.8, 4) is 0 Å². The van der Waals surface area contributed by atoms with Gasteiger partial charge in [0.1, 0.15) is 0 Å². The summed E-state index contributed by atoms with van der Waals surface area (Å²) < 4.78 is 5.47. The van der Waals surface area contributed by atoms with E-state index in [0.717, 1.165) is 63.9 Å². The van der Waals surface area contributed by atoms with E-state index in [1.807, 2.05) is 24.3 Å². The molecule has 2 heterocycles. The average Bonchev–Trinajstić information content (AvgIpc) is 3.16. The molecule has 0 bridgehead atoms. The summed E-state index contributed by atoms with van der Waals surface area (Å²) in [7, 11) is 0. The third-order valence-corrected chi connectivity index (χ3v) is 5.24. The van der Waals surface area contributed by atoms with Crippen molar-refractivity contribution in [2.75, 3.05) is 52.5 Å². The van der Waals surface area contributed by atoms with Gasteiger partial charge in [-0.05, 0) is 25.8 Å². The fraction of sp³-hybridized carbons (Fsp3) is 0.650. The van der Waals surface area contributed by atoms with E-state index in [-0.39, 0.29) is 24.0 Å². The van der Waals surface area contributed by atoms with Crippen LogP contribution in [0.2, 0.25) is 0 Å². The molecule has 2 aliphatic heterocycles. The first-order chi connectivity index (χ1) is 12.7. The molecule has 2 N–H and O–H groups in total. The molecule has 7 heteroatoms. The lowest BCUT2D eigenvalue weighted by atomic mass is 10.1. The van der Waals surface area contributed by atoms with Crippen LogP contribution in [0.25, 0.3) is 0 Å². The van der Waals surface area contributed by atoms with Crippen molar-refractivity contribution < 1.29 is 9.84 Å². The highest BCUT2D eigenvalue weighted by atomic mass is 127. The van der Waals surface area contributed by atoms with E-state index in [4.69, 9.17) is 9.73 Å². The summed E-state index contributed by atoms with van der Waals surface area (Å²) >= 11 is 0. The van der Waals surface area contributed by atoms with Crippen LogP contribution in [0.15, 0.2) is 29.3 Å². The number of guanidine groups is 1. The van der Waals surface area contributed by atoms with E-state index in [0.29, 0.717) is 12.6 Å². The first kappa shape index (κ1) is 22.4. The minimum atomic E-state index is -0.568. The molecule has 0 saturated carbocycles. The molecular weight excluding hydrogens is 455 g/mol. The Labute approximate surface area is 180 Å². The van der Waals surface area contributed by atoms with Crippen molar-refractivity contribution in [2.24, 2.45) is 4.99 Å². The summed E-state index contributed by atoms with van der Waals surface area (Å²) in [4.78, 5) is 9.57. The quantitative estimate of drug-likeness (QED) is 0.378. The summed E-state index contributed by atoms with van der Waals surface area (Å²) in [5.41, 5.74) is 2.12. The van der Waals surface area contributed by atoms with Gasteiger partial charge >= 0.3 is 0 Å². The van der Waals surface area contributed by atoms with Gasteiger partial charge in [0.05, 0.1) is 25.9 Å². The van der Waals surface area contributed by atoms with E-state index < -0.39 is 6.10 Å². The molecule has 2 fully saturated rings. The van der Waals surface area contributed by atoms with E-state index in [9.17, 15) is 5.11 Å². The van der Waals surface area contributed by atoms with E-state index in [2.05, 4.69) is 29.0 Å². The fourth-order valence-electron chi connectivity index (χ4n) is 3.67. The van der Waals surface area contributed by atoms with Crippen molar-refractivity contribution in [1.29, 1.82) is 0 Å². The van der Waals surface area contributed by atoms with Crippen molar-refractivity contribution in [3.05, 3.63) is 35.4 Å². The van der Waals surface area contributed by atoms with Gasteiger partial charge < -0.3 is 20.1 Å². The number of aryl methyl sites for hydroxylation is 1. The lowest BCUT2D eigenvalue weighted by Crippen LogP contribution is -2.46. The summed E-state index contributed by atoms with van der Waals surface area (Å²) in [6.45, 7) is 11.1. The molecule has 0 radical (unpaired) electrons. The van der Waals surface area contributed by atoms with Crippen molar-refractivity contribution in [3.63, 3.8) is 0 Å². The van der Waals surface area contributed by atoms with Crippen LogP contribution < -0.4 is 5.32 Å². The van der Waals surface area contributed by atoms with Gasteiger partial charge in [-0.2, -0.15) is 0 Å². The number of aliphatic hydroxyl groups is 1. The smallest absolute Gasteiger partial charge is 0.194 e. The second-order valence-electron chi connectivity index (χ2n) is 7.16. The molecule has 2 atom stereocenters. The third-order valence-electron chi connectivity index (χ3n) is 5.24. The van der Waals surface area contributed by atoms with Gasteiger partial charge in [0, 0.05) is 38.8 Å². The molecule has 2 aliphatic rings. The topological polar surface area (TPSA) is 60.3 Å². The average molecular weight is 488 g/mol. The van der Waals surface area contributed by atoms with Crippen molar-refractivity contribution in [2.45, 2.75) is 32.4 Å². The number of ether oxygens (including phenoxy) is 1. The maximum atomic E-state index is 10.5. The normalized spacial score (nSPS) is 22.4. The number of aliphatic imine (C=N–C) groups is 1. The number of benzene rings is 1. The van der Waals surface area contributed by atoms with Gasteiger partial charge in [-0.1, -0.05) is 29.8 Å². The van der Waals surface area contributed by atoms with Gasteiger partial charge in [-0.25, -0.2) is 0 Å². The first-order valence-electron chi connectivity index (χ1n) is 9.77. The monoisotopic (exact) mass is 488 g/mol. The largest absolute Gasteiger partial charge is 0.386 e. The van der Waals surface area contributed by atoms with Crippen LogP contribution in [-0.2, 0) is 4.74 Å². The predicted molar refractivity (Wildman–Crippen MR) is 120 cm³/mol. The van der Waals surface area contributed by atoms with Gasteiger partial charge in [0.15, 0.2) is 5.96 Å². The highest BCUT2D eigenvalue weighted by Crippen LogP contribution is 2.18. The molecular formula is C20H33IN4O2. The molecule has 1 aromatic carbocycles. The SMILES string of the molecule is CCNC(=NCC(O)c1ccc(C)cc1)N1CCC(N2CCOCC2)C1.I. The Balaban J connectivity index is 0.00000261. The van der Waals surface area contributed by atoms with Crippen LogP contribution in [0.4, 0.5) is 0 Å². The molecule has 2 unspecified atom stereocenters. The predicted octanol–water partition coefficient (Wildman–Crippen LogP) is 2.02. The number of aliphatic hydroxyl groups excluding tert-OH is 1. The maximum Gasteiger partial charge on any atom is 0.194 e. The summed E-state index contributed by atoms with van der Waals surface area (Å²) in [6, 6.07) is 8.59. The van der Waals surface area contributed by atoms with Crippen LogP contribution in [-0.4, -0.2) is 79.4 Å². The Morgan fingerprint density at radius 3 is 2.63 bits per heavy atom. The second-order valence-corrected chi connectivity index (χ2v) is 7.16. The zero-order valence-corrected chi connectivity index (χ0v) is 18.8. The zero-order valence-electron chi connectivity index (χ0n) is 16.4. The Kier molecular flexibility index (Phi) is 9.28. The van der Waals surface area contributed by atoms with Crippen LogP contribution in [0.5, 0.6) is 0 Å². The third kappa shape index (κ3) is 6.30. The highest BCUT2D eigenvalue weighted by molar-refractivity contribution is 14.0. The minimum Gasteiger partial charge on any atom is -0.386 e. The summed E-state index contributed by atoms with van der Waals surface area (Å²) in [5.74, 6) is 0.912. The van der Waals surface area contributed by atoms with E-state index in [1.165, 1.54) is 5.56 Å². The Morgan fingerprint density at radius 2 is 1.96 bits per heavy atom. The standard InChI is InChI=1S/C20H32N4O2.HI/c1-3-21-20(22-14-19(25)17-6-4-16(2)5-7-17)24-9-8-18(15-24)23-10-12-26-13-11-23;/h4-7,18-19,25H,3,8-15H2,1-2H3,(H,21,22);1H. The Bertz CT molecular complexity index is 590. The van der Waals surface area contributed by atoms with E-state index >= 15 is 0 Å². The molecule has 6 nitrogen and oxygen atoms in total. The van der Waals surface area contributed by atoms with Gasteiger partial charge in [0.2, 0.25) is 0 Å². The molecule has 0 spiro atoms. The molecule has 27 heavy (non-hydrogen) atoms. The number of hydrogen-bond acceptors (Lipinski definition) is 4. The number of nitrogens with one attached hydrogen (secondary N) is 1. The van der Waals surface area contributed by atoms with Crippen LogP contribution >= 0.6 is 24.0 Å². The number of hydrogen-bond donors (Lipinski definition) is 2. The molecule has 0 aliphatic carbocycles. The number of rotatable bonds is 5. The fourth-order valence-corrected chi connectivity index (χ4v) is 3.67. The van der Waals surface area contributed by atoms with Crippen molar-refractivity contribution in [1.82, 2.24) is 15.1 Å². The second kappa shape index (κ2) is 11.2. The number of likely N-dealkylation sites (tertiary alicyclic amines) is 1. The van der Waals surface area contributed by atoms with Crippen LogP contribution in [0.1, 0.15) is 30.6 Å². The molecule has 152 valence electrons. The molecule has 2 saturated heterocycles. The van der Waals surface area contributed by atoms with Gasteiger partial charge in [-0.3, -0.25) is 9.89 Å². The van der Waals surface area contributed by atoms with E-state index in [1.54, 1.807) is 0 Å². The molecule has 0 amide bonds. The molecule has 3 rings (SSSR count). The van der Waals surface area contributed by atoms with Crippen LogP contribution in [0, 0.1) is 6.92 Å². The Hall–Kier alpha value is -0.900. The lowest BCUT2D eigenvalue weighted by Gasteiger charge is -2.32. The summed E-state index contributed by atoms with van der Waals surface area (Å²) in [6.07, 6.45) is 0.590. The van der Waals surface area contributed by atoms with Gasteiger partial charge in [0.25, 0.3) is 0 Å².